The fourth-order valence-corrected chi connectivity index (χ4v) is 6.53. The number of nitrogen functional groups attached to an aromatic ring is 1. The molecule has 46 heavy (non-hydrogen) atoms. The highest BCUT2D eigenvalue weighted by atomic mass is 32.2. The number of pyridine rings is 1. The van der Waals surface area contributed by atoms with E-state index >= 15 is 0 Å². The largest absolute Gasteiger partial charge is 0.436 e. The molecule has 4 N–H and O–H groups in total. The van der Waals surface area contributed by atoms with Crippen LogP contribution in [0.2, 0.25) is 0 Å². The van der Waals surface area contributed by atoms with Crippen molar-refractivity contribution < 1.29 is 40.6 Å². The first-order valence-corrected chi connectivity index (χ1v) is 15.5. The molecule has 1 aliphatic rings. The topological polar surface area (TPSA) is 163 Å². The Morgan fingerprint density at radius 1 is 1.13 bits per heavy atom. The summed E-state index contributed by atoms with van der Waals surface area (Å²) in [5, 5.41) is 3.79. The van der Waals surface area contributed by atoms with Crippen LogP contribution in [0.4, 0.5) is 24.7 Å². The van der Waals surface area contributed by atoms with Crippen LogP contribution in [-0.2, 0) is 14.8 Å². The van der Waals surface area contributed by atoms with Crippen LogP contribution in [0, 0.1) is 12.7 Å². The zero-order valence-electron chi connectivity index (χ0n) is 24.2. The molecule has 12 nitrogen and oxygen atoms in total. The number of fused-ring (bicyclic) bond motifs is 1. The van der Waals surface area contributed by atoms with Gasteiger partial charge in [-0.15, -0.1) is 0 Å². The van der Waals surface area contributed by atoms with Gasteiger partial charge >= 0.3 is 6.61 Å². The molecule has 0 unspecified atom stereocenters. The molecule has 6 rings (SSSR count). The number of rotatable bonds is 10. The van der Waals surface area contributed by atoms with Crippen molar-refractivity contribution in [3.05, 3.63) is 83.6 Å². The Morgan fingerprint density at radius 3 is 2.61 bits per heavy atom. The van der Waals surface area contributed by atoms with E-state index in [1.807, 2.05) is 0 Å². The Kier molecular flexibility index (Phi) is 8.31. The third-order valence-corrected chi connectivity index (χ3v) is 9.28. The smallest absolute Gasteiger partial charge is 0.387 e. The lowest BCUT2D eigenvalue weighted by Crippen LogP contribution is -2.33. The normalized spacial score (nSPS) is 14.1. The number of sulfonamides is 1. The zero-order chi connectivity index (χ0) is 32.6. The van der Waals surface area contributed by atoms with E-state index in [-0.39, 0.29) is 66.0 Å². The van der Waals surface area contributed by atoms with E-state index in [1.165, 1.54) is 53.5 Å². The van der Waals surface area contributed by atoms with E-state index in [2.05, 4.69) is 24.5 Å². The molecule has 0 bridgehead atoms. The number of ketones is 1. The number of benzene rings is 2. The van der Waals surface area contributed by atoms with Crippen LogP contribution in [0.1, 0.15) is 34.5 Å². The summed E-state index contributed by atoms with van der Waals surface area (Å²) >= 11 is 0. The summed E-state index contributed by atoms with van der Waals surface area (Å²) in [6, 6.07) is 11.4. The highest BCUT2D eigenvalue weighted by molar-refractivity contribution is 7.93. The van der Waals surface area contributed by atoms with Gasteiger partial charge in [-0.05, 0) is 55.7 Å². The quantitative estimate of drug-likeness (QED) is 0.169. The molecule has 0 aliphatic carbocycles. The van der Waals surface area contributed by atoms with Crippen molar-refractivity contribution in [2.45, 2.75) is 31.6 Å². The summed E-state index contributed by atoms with van der Waals surface area (Å²) in [5.74, 6) is -1.39. The lowest BCUT2D eigenvalue weighted by molar-refractivity contribution is -0.0492. The number of hydrogen-bond donors (Lipinski definition) is 3. The molecular weight excluding hydrogens is 629 g/mol. The summed E-state index contributed by atoms with van der Waals surface area (Å²) in [6.45, 7) is -0.971. The number of ether oxygens (including phenoxy) is 3. The van der Waals surface area contributed by atoms with Gasteiger partial charge < -0.3 is 24.9 Å². The molecule has 1 aliphatic heterocycles. The maximum absolute atomic E-state index is 14.0. The summed E-state index contributed by atoms with van der Waals surface area (Å²) in [6.07, 6.45) is 3.19. The maximum atomic E-state index is 14.0. The molecule has 3 aromatic heterocycles. The molecule has 240 valence electrons. The molecule has 2 aromatic carbocycles. The molecule has 0 atom stereocenters. The number of aryl methyl sites for hydroxylation is 1. The standard InChI is InChI=1S/C30H27F3N6O6S/c1-16-10-27(44-25-5-3-2-4-20(25)31)35-15-24(16)39-29(34)19(14-36-39)28(40)23-11-17-12-26(45-30(32)33)22(13-21(17)37-23)38-46(41,42)18-6-8-43-9-7-18/h2-5,10-15,18,30,37-38H,6-9,34H2,1H3. The van der Waals surface area contributed by atoms with Crippen molar-refractivity contribution in [1.29, 1.82) is 0 Å². The molecule has 16 heteroatoms. The summed E-state index contributed by atoms with van der Waals surface area (Å²) in [4.78, 5) is 20.6. The Balaban J connectivity index is 1.27. The monoisotopic (exact) mass is 656 g/mol. The fourth-order valence-electron chi connectivity index (χ4n) is 5.09. The Morgan fingerprint density at radius 2 is 1.89 bits per heavy atom. The van der Waals surface area contributed by atoms with E-state index in [9.17, 15) is 26.4 Å². The molecule has 0 amide bonds. The number of hydrogen-bond acceptors (Lipinski definition) is 9. The van der Waals surface area contributed by atoms with Crippen LogP contribution < -0.4 is 19.9 Å². The predicted molar refractivity (Wildman–Crippen MR) is 162 cm³/mol. The van der Waals surface area contributed by atoms with Crippen LogP contribution in [0.25, 0.3) is 16.6 Å². The van der Waals surface area contributed by atoms with Crippen molar-refractivity contribution in [3.8, 4) is 23.1 Å². The molecule has 0 radical (unpaired) electrons. The van der Waals surface area contributed by atoms with Gasteiger partial charge in [0.25, 0.3) is 0 Å². The first kappa shape index (κ1) is 30.9. The van der Waals surface area contributed by atoms with Crippen molar-refractivity contribution in [3.63, 3.8) is 0 Å². The van der Waals surface area contributed by atoms with E-state index in [0.717, 1.165) is 0 Å². The molecule has 0 spiro atoms. The van der Waals surface area contributed by atoms with Gasteiger partial charge in [0.15, 0.2) is 17.3 Å². The number of halogens is 3. The van der Waals surface area contributed by atoms with Gasteiger partial charge in [0.05, 0.1) is 40.3 Å². The minimum atomic E-state index is -3.96. The molecule has 1 fully saturated rings. The average Bonchev–Trinajstić information content (AvgIpc) is 3.61. The first-order valence-electron chi connectivity index (χ1n) is 14.0. The van der Waals surface area contributed by atoms with E-state index < -0.39 is 39.2 Å². The molecule has 4 heterocycles. The van der Waals surface area contributed by atoms with Gasteiger partial charge in [0, 0.05) is 30.2 Å². The maximum Gasteiger partial charge on any atom is 0.387 e. The number of para-hydroxylation sites is 1. The lowest BCUT2D eigenvalue weighted by atomic mass is 10.1. The summed E-state index contributed by atoms with van der Waals surface area (Å²) in [7, 11) is -3.96. The predicted octanol–water partition coefficient (Wildman–Crippen LogP) is 5.32. The van der Waals surface area contributed by atoms with Crippen molar-refractivity contribution in [2.75, 3.05) is 23.7 Å². The molecular formula is C30H27F3N6O6S. The second-order valence-electron chi connectivity index (χ2n) is 10.5. The van der Waals surface area contributed by atoms with Gasteiger partial charge in [0.1, 0.15) is 5.82 Å². The van der Waals surface area contributed by atoms with Crippen LogP contribution in [-0.4, -0.2) is 59.0 Å². The number of carbonyl (C=O) groups excluding carboxylic acids is 1. The Bertz CT molecular complexity index is 2040. The number of aromatic amines is 1. The second-order valence-corrected chi connectivity index (χ2v) is 12.4. The van der Waals surface area contributed by atoms with Crippen LogP contribution >= 0.6 is 0 Å². The number of nitrogens with zero attached hydrogens (tertiary/aromatic N) is 3. The fraction of sp³-hybridized carbons (Fsp3) is 0.233. The van der Waals surface area contributed by atoms with Crippen LogP contribution in [0.5, 0.6) is 17.4 Å². The van der Waals surface area contributed by atoms with Crippen LogP contribution in [0.3, 0.4) is 0 Å². The number of aromatic nitrogens is 4. The minimum Gasteiger partial charge on any atom is -0.436 e. The SMILES string of the molecule is Cc1cc(Oc2ccccc2F)ncc1-n1ncc(C(=O)c2cc3cc(OC(F)F)c(NS(=O)(=O)C4CCOCC4)cc3[nH]2)c1N. The van der Waals surface area contributed by atoms with Gasteiger partial charge in [0.2, 0.25) is 21.7 Å². The summed E-state index contributed by atoms with van der Waals surface area (Å²) in [5.41, 5.74) is 7.52. The van der Waals surface area contributed by atoms with E-state index in [4.69, 9.17) is 15.2 Å². The Labute approximate surface area is 260 Å². The number of H-pyrrole nitrogens is 1. The van der Waals surface area contributed by atoms with Crippen LogP contribution in [0.15, 0.2) is 60.9 Å². The van der Waals surface area contributed by atoms with Gasteiger partial charge in [-0.1, -0.05) is 12.1 Å². The van der Waals surface area contributed by atoms with Crippen molar-refractivity contribution in [1.82, 2.24) is 19.7 Å². The summed E-state index contributed by atoms with van der Waals surface area (Å²) < 4.78 is 85.6. The molecule has 1 saturated heterocycles. The number of nitrogens with one attached hydrogen (secondary N) is 2. The van der Waals surface area contributed by atoms with Crippen molar-refractivity contribution >= 4 is 38.2 Å². The average molecular weight is 657 g/mol. The number of nitrogens with two attached hydrogens (primary N) is 1. The van der Waals surface area contributed by atoms with E-state index in [1.54, 1.807) is 19.1 Å². The third kappa shape index (κ3) is 6.21. The number of alkyl halides is 2. The highest BCUT2D eigenvalue weighted by Crippen LogP contribution is 2.35. The lowest BCUT2D eigenvalue weighted by Gasteiger charge is -2.23. The molecule has 5 aromatic rings. The first-order chi connectivity index (χ1) is 22.0. The highest BCUT2D eigenvalue weighted by Gasteiger charge is 2.29. The van der Waals surface area contributed by atoms with Gasteiger partial charge in [-0.3, -0.25) is 9.52 Å². The zero-order valence-corrected chi connectivity index (χ0v) is 25.0. The molecule has 0 saturated carbocycles. The van der Waals surface area contributed by atoms with Gasteiger partial charge in [-0.25, -0.2) is 22.5 Å². The minimum absolute atomic E-state index is 0.00344. The van der Waals surface area contributed by atoms with E-state index in [0.29, 0.717) is 16.6 Å². The second kappa shape index (κ2) is 12.4. The number of anilines is 2. The Hall–Kier alpha value is -5.09. The van der Waals surface area contributed by atoms with Gasteiger partial charge in [-0.2, -0.15) is 13.9 Å². The third-order valence-electron chi connectivity index (χ3n) is 7.43. The van der Waals surface area contributed by atoms with Crippen molar-refractivity contribution in [2.24, 2.45) is 0 Å². The number of carbonyl (C=O) groups is 1.